The molecule has 0 bridgehead atoms. The van der Waals surface area contributed by atoms with E-state index >= 15 is 0 Å². The first kappa shape index (κ1) is 14.3. The second-order valence-corrected chi connectivity index (χ2v) is 6.41. The standard InChI is InChI=1S/C15H20N4OS/c16-15(18-7-9-21-10-8-18)17-5-6-19-13-4-2-1-3-12(13)11-14(19)20/h1-4H,5-11H2,(H2,16,17). The number of nitrogens with two attached hydrogens (primary N) is 1. The maximum absolute atomic E-state index is 12.0. The number of guanidine groups is 1. The Balaban J connectivity index is 1.59. The minimum absolute atomic E-state index is 0.152. The first-order valence-corrected chi connectivity index (χ1v) is 8.42. The van der Waals surface area contributed by atoms with Crippen molar-refractivity contribution in [3.8, 4) is 0 Å². The number of benzene rings is 1. The van der Waals surface area contributed by atoms with E-state index in [1.54, 1.807) is 0 Å². The molecule has 0 aliphatic carbocycles. The number of amides is 1. The number of nitrogens with zero attached hydrogens (tertiary/aromatic N) is 3. The summed E-state index contributed by atoms with van der Waals surface area (Å²) in [6.45, 7) is 3.08. The molecule has 1 fully saturated rings. The van der Waals surface area contributed by atoms with E-state index in [2.05, 4.69) is 9.89 Å². The fourth-order valence-corrected chi connectivity index (χ4v) is 3.62. The molecular formula is C15H20N4OS. The highest BCUT2D eigenvalue weighted by molar-refractivity contribution is 7.99. The Morgan fingerprint density at radius 2 is 2.05 bits per heavy atom. The van der Waals surface area contributed by atoms with Crippen molar-refractivity contribution in [2.24, 2.45) is 10.7 Å². The Labute approximate surface area is 129 Å². The van der Waals surface area contributed by atoms with E-state index in [1.807, 2.05) is 40.9 Å². The first-order valence-electron chi connectivity index (χ1n) is 7.26. The van der Waals surface area contributed by atoms with Crippen molar-refractivity contribution >= 4 is 29.3 Å². The van der Waals surface area contributed by atoms with Gasteiger partial charge in [-0.15, -0.1) is 0 Å². The molecule has 2 aliphatic rings. The largest absolute Gasteiger partial charge is 0.370 e. The maximum atomic E-state index is 12.0. The van der Waals surface area contributed by atoms with Crippen molar-refractivity contribution in [3.05, 3.63) is 29.8 Å². The molecule has 0 spiro atoms. The van der Waals surface area contributed by atoms with E-state index in [1.165, 1.54) is 0 Å². The molecule has 3 rings (SSSR count). The lowest BCUT2D eigenvalue weighted by molar-refractivity contribution is -0.117. The van der Waals surface area contributed by atoms with Crippen molar-refractivity contribution in [3.63, 3.8) is 0 Å². The van der Waals surface area contributed by atoms with Crippen LogP contribution in [0.2, 0.25) is 0 Å². The average Bonchev–Trinajstić information content (AvgIpc) is 2.84. The molecule has 5 nitrogen and oxygen atoms in total. The summed E-state index contributed by atoms with van der Waals surface area (Å²) in [6, 6.07) is 7.94. The van der Waals surface area contributed by atoms with Gasteiger partial charge in [0, 0.05) is 36.8 Å². The number of hydrogen-bond acceptors (Lipinski definition) is 3. The monoisotopic (exact) mass is 304 g/mol. The lowest BCUT2D eigenvalue weighted by Gasteiger charge is -2.27. The van der Waals surface area contributed by atoms with Crippen molar-refractivity contribution in [2.45, 2.75) is 6.42 Å². The highest BCUT2D eigenvalue weighted by Crippen LogP contribution is 2.27. The molecule has 2 aliphatic heterocycles. The molecule has 1 aromatic carbocycles. The van der Waals surface area contributed by atoms with Crippen LogP contribution in [-0.2, 0) is 11.2 Å². The van der Waals surface area contributed by atoms with Crippen LogP contribution in [-0.4, -0.2) is 54.5 Å². The molecule has 112 valence electrons. The summed E-state index contributed by atoms with van der Waals surface area (Å²) in [5.41, 5.74) is 8.15. The Kier molecular flexibility index (Phi) is 4.34. The van der Waals surface area contributed by atoms with Crippen LogP contribution in [0.4, 0.5) is 5.69 Å². The van der Waals surface area contributed by atoms with Crippen LogP contribution in [0.5, 0.6) is 0 Å². The minimum atomic E-state index is 0.152. The fourth-order valence-electron chi connectivity index (χ4n) is 2.72. The van der Waals surface area contributed by atoms with E-state index in [-0.39, 0.29) is 5.91 Å². The van der Waals surface area contributed by atoms with Crippen LogP contribution in [0.25, 0.3) is 0 Å². The number of aliphatic imine (C=N–C) groups is 1. The Hall–Kier alpha value is -1.69. The summed E-state index contributed by atoms with van der Waals surface area (Å²) in [7, 11) is 0. The van der Waals surface area contributed by atoms with E-state index in [4.69, 9.17) is 5.73 Å². The third-order valence-corrected chi connectivity index (χ3v) is 4.80. The summed E-state index contributed by atoms with van der Waals surface area (Å²) in [6.07, 6.45) is 0.499. The van der Waals surface area contributed by atoms with Crippen LogP contribution < -0.4 is 10.6 Å². The molecule has 0 atom stereocenters. The summed E-state index contributed by atoms with van der Waals surface area (Å²) in [5, 5.41) is 0. The van der Waals surface area contributed by atoms with Gasteiger partial charge in [0.25, 0.3) is 0 Å². The average molecular weight is 304 g/mol. The van der Waals surface area contributed by atoms with Crippen molar-refractivity contribution in [1.82, 2.24) is 4.90 Å². The third kappa shape index (κ3) is 3.15. The second-order valence-electron chi connectivity index (χ2n) is 5.19. The number of para-hydroxylation sites is 1. The van der Waals surface area contributed by atoms with Crippen LogP contribution in [0.1, 0.15) is 5.56 Å². The van der Waals surface area contributed by atoms with Gasteiger partial charge in [0.15, 0.2) is 5.96 Å². The number of fused-ring (bicyclic) bond motifs is 1. The summed E-state index contributed by atoms with van der Waals surface area (Å²) in [5.74, 6) is 2.97. The molecular weight excluding hydrogens is 284 g/mol. The Morgan fingerprint density at radius 3 is 2.86 bits per heavy atom. The van der Waals surface area contributed by atoms with Gasteiger partial charge in [-0.05, 0) is 11.6 Å². The van der Waals surface area contributed by atoms with Crippen LogP contribution >= 0.6 is 11.8 Å². The van der Waals surface area contributed by atoms with E-state index in [0.29, 0.717) is 25.5 Å². The van der Waals surface area contributed by atoms with Gasteiger partial charge in [-0.2, -0.15) is 11.8 Å². The number of hydrogen-bond donors (Lipinski definition) is 1. The molecule has 1 aromatic rings. The van der Waals surface area contributed by atoms with Crippen molar-refractivity contribution in [1.29, 1.82) is 0 Å². The summed E-state index contributed by atoms with van der Waals surface area (Å²) in [4.78, 5) is 20.4. The second kappa shape index (κ2) is 6.39. The molecule has 0 aromatic heterocycles. The molecule has 1 saturated heterocycles. The predicted molar refractivity (Wildman–Crippen MR) is 87.9 cm³/mol. The van der Waals surface area contributed by atoms with Crippen molar-refractivity contribution < 1.29 is 4.79 Å². The molecule has 0 unspecified atom stereocenters. The van der Waals surface area contributed by atoms with E-state index in [0.717, 1.165) is 35.8 Å². The lowest BCUT2D eigenvalue weighted by atomic mass is 10.2. The van der Waals surface area contributed by atoms with E-state index < -0.39 is 0 Å². The van der Waals surface area contributed by atoms with Gasteiger partial charge in [-0.1, -0.05) is 18.2 Å². The zero-order valence-electron chi connectivity index (χ0n) is 12.0. The normalized spacial score (nSPS) is 19.0. The molecule has 6 heteroatoms. The number of anilines is 1. The minimum Gasteiger partial charge on any atom is -0.370 e. The lowest BCUT2D eigenvalue weighted by Crippen LogP contribution is -2.43. The van der Waals surface area contributed by atoms with Gasteiger partial charge in [0.2, 0.25) is 5.91 Å². The van der Waals surface area contributed by atoms with Crippen LogP contribution in [0.15, 0.2) is 29.3 Å². The predicted octanol–water partition coefficient (Wildman–Crippen LogP) is 0.939. The highest BCUT2D eigenvalue weighted by atomic mass is 32.2. The summed E-state index contributed by atoms with van der Waals surface area (Å²) >= 11 is 1.95. The maximum Gasteiger partial charge on any atom is 0.231 e. The van der Waals surface area contributed by atoms with Crippen LogP contribution in [0, 0.1) is 0 Å². The van der Waals surface area contributed by atoms with E-state index in [9.17, 15) is 4.79 Å². The first-order chi connectivity index (χ1) is 10.3. The van der Waals surface area contributed by atoms with Gasteiger partial charge in [0.05, 0.1) is 13.0 Å². The number of thioether (sulfide) groups is 1. The zero-order valence-corrected chi connectivity index (χ0v) is 12.8. The molecule has 2 heterocycles. The van der Waals surface area contributed by atoms with Gasteiger partial charge < -0.3 is 15.5 Å². The number of rotatable bonds is 3. The van der Waals surface area contributed by atoms with Gasteiger partial charge in [-0.3, -0.25) is 9.79 Å². The summed E-state index contributed by atoms with van der Waals surface area (Å²) < 4.78 is 0. The SMILES string of the molecule is NC(=NCCN1C(=O)Cc2ccccc21)N1CCSCC1. The highest BCUT2D eigenvalue weighted by Gasteiger charge is 2.26. The smallest absolute Gasteiger partial charge is 0.231 e. The Morgan fingerprint density at radius 1 is 1.29 bits per heavy atom. The Bertz CT molecular complexity index is 554. The zero-order chi connectivity index (χ0) is 14.7. The number of carbonyl (C=O) groups excluding carboxylic acids is 1. The van der Waals surface area contributed by atoms with Gasteiger partial charge in [-0.25, -0.2) is 0 Å². The van der Waals surface area contributed by atoms with Crippen molar-refractivity contribution in [2.75, 3.05) is 42.6 Å². The van der Waals surface area contributed by atoms with Crippen LogP contribution in [0.3, 0.4) is 0 Å². The molecule has 1 amide bonds. The molecule has 2 N–H and O–H groups in total. The molecule has 0 saturated carbocycles. The van der Waals surface area contributed by atoms with Gasteiger partial charge in [0.1, 0.15) is 0 Å². The third-order valence-electron chi connectivity index (χ3n) is 3.86. The molecule has 0 radical (unpaired) electrons. The fraction of sp³-hybridized carbons (Fsp3) is 0.467. The number of carbonyl (C=O) groups is 1. The van der Waals surface area contributed by atoms with Gasteiger partial charge >= 0.3 is 0 Å². The quantitative estimate of drug-likeness (QED) is 0.667. The molecule has 21 heavy (non-hydrogen) atoms. The topological polar surface area (TPSA) is 61.9 Å².